The molecule has 124 valence electrons. The first-order chi connectivity index (χ1) is 11.4. The number of nitrogens with zero attached hydrogens (tertiary/aromatic N) is 4. The lowest BCUT2D eigenvalue weighted by Gasteiger charge is -2.10. The number of imidazole rings is 1. The van der Waals surface area contributed by atoms with Crippen LogP contribution in [0.1, 0.15) is 0 Å². The number of aryl methyl sites for hydroxylation is 1. The number of hydrogen-bond donors (Lipinski definition) is 1. The maximum Gasteiger partial charge on any atom is 0.332 e. The molecule has 24 heavy (non-hydrogen) atoms. The molecule has 0 aliphatic rings. The van der Waals surface area contributed by atoms with Crippen molar-refractivity contribution in [3.63, 3.8) is 0 Å². The highest BCUT2D eigenvalue weighted by atomic mass is 35.5. The number of benzene rings is 1. The molecular formula is C15H14ClN5O3. The molecular weight excluding hydrogens is 334 g/mol. The smallest absolute Gasteiger partial charge is 0.323 e. The van der Waals surface area contributed by atoms with E-state index < -0.39 is 11.2 Å². The number of para-hydroxylation sites is 1. The number of rotatable bonds is 3. The van der Waals surface area contributed by atoms with Crippen molar-refractivity contribution in [3.8, 4) is 0 Å². The summed E-state index contributed by atoms with van der Waals surface area (Å²) in [7, 11) is 2.90. The first-order valence-electron chi connectivity index (χ1n) is 7.05. The van der Waals surface area contributed by atoms with Crippen molar-refractivity contribution in [2.45, 2.75) is 6.54 Å². The molecule has 8 nitrogen and oxygen atoms in total. The molecule has 1 amide bonds. The summed E-state index contributed by atoms with van der Waals surface area (Å²) in [6.45, 7) is -0.109. The highest BCUT2D eigenvalue weighted by Crippen LogP contribution is 2.20. The van der Waals surface area contributed by atoms with Crippen LogP contribution in [0.4, 0.5) is 5.69 Å². The second-order valence-corrected chi connectivity index (χ2v) is 5.69. The maximum absolute atomic E-state index is 12.2. The Labute approximate surface area is 140 Å². The van der Waals surface area contributed by atoms with Gasteiger partial charge in [-0.25, -0.2) is 9.78 Å². The maximum atomic E-state index is 12.2. The van der Waals surface area contributed by atoms with Gasteiger partial charge in [0.25, 0.3) is 5.56 Å². The van der Waals surface area contributed by atoms with Gasteiger partial charge in [0.1, 0.15) is 12.2 Å². The zero-order valence-corrected chi connectivity index (χ0v) is 13.7. The summed E-state index contributed by atoms with van der Waals surface area (Å²) in [5.41, 5.74) is -0.0833. The number of fused-ring (bicyclic) bond motifs is 1. The van der Waals surface area contributed by atoms with Gasteiger partial charge in [0.15, 0.2) is 5.52 Å². The minimum absolute atomic E-state index is 0.109. The number of nitrogens with one attached hydrogen (secondary N) is 1. The molecule has 9 heteroatoms. The van der Waals surface area contributed by atoms with E-state index in [9.17, 15) is 14.4 Å². The summed E-state index contributed by atoms with van der Waals surface area (Å²) in [6, 6.07) is 6.85. The summed E-state index contributed by atoms with van der Waals surface area (Å²) >= 11 is 6.01. The Bertz CT molecular complexity index is 1060. The Morgan fingerprint density at radius 3 is 2.62 bits per heavy atom. The summed E-state index contributed by atoms with van der Waals surface area (Å²) in [5.74, 6) is -0.351. The molecule has 2 heterocycles. The van der Waals surface area contributed by atoms with E-state index in [0.717, 1.165) is 4.57 Å². The summed E-state index contributed by atoms with van der Waals surface area (Å²) in [6.07, 6.45) is 1.36. The quantitative estimate of drug-likeness (QED) is 0.756. The van der Waals surface area contributed by atoms with Crippen LogP contribution in [0.2, 0.25) is 5.02 Å². The van der Waals surface area contributed by atoms with Gasteiger partial charge >= 0.3 is 5.69 Å². The number of hydrogen-bond acceptors (Lipinski definition) is 4. The average molecular weight is 348 g/mol. The highest BCUT2D eigenvalue weighted by Gasteiger charge is 2.16. The Balaban J connectivity index is 1.97. The third-order valence-corrected chi connectivity index (χ3v) is 4.00. The molecule has 0 unspecified atom stereocenters. The molecule has 0 aliphatic carbocycles. The third-order valence-electron chi connectivity index (χ3n) is 3.67. The molecule has 1 N–H and O–H groups in total. The molecule has 0 saturated heterocycles. The second kappa shape index (κ2) is 5.97. The van der Waals surface area contributed by atoms with Gasteiger partial charge in [-0.3, -0.25) is 18.7 Å². The SMILES string of the molecule is Cn1c(=O)c2ncn(CC(=O)Nc3ccccc3Cl)c2n(C)c1=O. The Morgan fingerprint density at radius 1 is 1.21 bits per heavy atom. The fourth-order valence-corrected chi connectivity index (χ4v) is 2.65. The zero-order chi connectivity index (χ0) is 17.4. The molecule has 2 aromatic heterocycles. The molecule has 3 aromatic rings. The molecule has 0 bridgehead atoms. The van der Waals surface area contributed by atoms with Gasteiger partial charge in [-0.1, -0.05) is 23.7 Å². The Kier molecular flexibility index (Phi) is 3.98. The molecule has 0 aliphatic heterocycles. The molecule has 1 aromatic carbocycles. The Morgan fingerprint density at radius 2 is 1.92 bits per heavy atom. The van der Waals surface area contributed by atoms with Crippen LogP contribution in [0.15, 0.2) is 40.2 Å². The number of carbonyl (C=O) groups excluding carboxylic acids is 1. The van der Waals surface area contributed by atoms with Crippen LogP contribution in [0.25, 0.3) is 11.2 Å². The van der Waals surface area contributed by atoms with Crippen LogP contribution in [-0.2, 0) is 25.4 Å². The topological polar surface area (TPSA) is 90.9 Å². The standard InChI is InChI=1S/C15H14ClN5O3/c1-19-13-12(14(23)20(2)15(19)24)17-8-21(13)7-11(22)18-10-6-4-3-5-9(10)16/h3-6,8H,7H2,1-2H3,(H,18,22). The lowest BCUT2D eigenvalue weighted by atomic mass is 10.3. The van der Waals surface area contributed by atoms with Crippen LogP contribution in [0.3, 0.4) is 0 Å². The normalized spacial score (nSPS) is 11.0. The van der Waals surface area contributed by atoms with E-state index in [-0.39, 0.29) is 23.6 Å². The van der Waals surface area contributed by atoms with Crippen molar-refractivity contribution in [2.75, 3.05) is 5.32 Å². The van der Waals surface area contributed by atoms with Gasteiger partial charge < -0.3 is 9.88 Å². The number of carbonyl (C=O) groups is 1. The first kappa shape index (κ1) is 16.0. The second-order valence-electron chi connectivity index (χ2n) is 5.28. The van der Waals surface area contributed by atoms with Crippen molar-refractivity contribution in [1.82, 2.24) is 18.7 Å². The molecule has 0 fully saturated rings. The summed E-state index contributed by atoms with van der Waals surface area (Å²) < 4.78 is 3.71. The summed E-state index contributed by atoms with van der Waals surface area (Å²) in [5, 5.41) is 3.10. The number of aromatic nitrogens is 4. The van der Waals surface area contributed by atoms with E-state index in [1.165, 1.54) is 29.6 Å². The minimum atomic E-state index is -0.502. The first-order valence-corrected chi connectivity index (χ1v) is 7.43. The number of anilines is 1. The summed E-state index contributed by atoms with van der Waals surface area (Å²) in [4.78, 5) is 40.4. The number of amides is 1. The monoisotopic (exact) mass is 347 g/mol. The van der Waals surface area contributed by atoms with Crippen molar-refractivity contribution >= 4 is 34.4 Å². The fourth-order valence-electron chi connectivity index (χ4n) is 2.46. The van der Waals surface area contributed by atoms with Gasteiger partial charge in [0.2, 0.25) is 5.91 Å². The number of halogens is 1. The van der Waals surface area contributed by atoms with Gasteiger partial charge in [-0.2, -0.15) is 0 Å². The molecule has 0 spiro atoms. The lowest BCUT2D eigenvalue weighted by molar-refractivity contribution is -0.116. The molecule has 0 saturated carbocycles. The van der Waals surface area contributed by atoms with Crippen LogP contribution in [0.5, 0.6) is 0 Å². The van der Waals surface area contributed by atoms with Gasteiger partial charge in [-0.05, 0) is 12.1 Å². The van der Waals surface area contributed by atoms with E-state index in [4.69, 9.17) is 11.6 Å². The predicted octanol–water partition coefficient (Wildman–Crippen LogP) is 0.726. The van der Waals surface area contributed by atoms with E-state index >= 15 is 0 Å². The van der Waals surface area contributed by atoms with Gasteiger partial charge in [-0.15, -0.1) is 0 Å². The average Bonchev–Trinajstić information content (AvgIpc) is 2.96. The van der Waals surface area contributed by atoms with E-state index in [1.54, 1.807) is 24.3 Å². The molecule has 3 rings (SSSR count). The molecule has 0 atom stereocenters. The minimum Gasteiger partial charge on any atom is -0.323 e. The van der Waals surface area contributed by atoms with Crippen molar-refractivity contribution in [2.24, 2.45) is 14.1 Å². The van der Waals surface area contributed by atoms with Crippen LogP contribution >= 0.6 is 11.6 Å². The third kappa shape index (κ3) is 2.61. The van der Waals surface area contributed by atoms with E-state index in [2.05, 4.69) is 10.3 Å². The fraction of sp³-hybridized carbons (Fsp3) is 0.200. The van der Waals surface area contributed by atoms with E-state index in [1.807, 2.05) is 0 Å². The van der Waals surface area contributed by atoms with Crippen LogP contribution in [-0.4, -0.2) is 24.6 Å². The highest BCUT2D eigenvalue weighted by molar-refractivity contribution is 6.33. The van der Waals surface area contributed by atoms with E-state index in [0.29, 0.717) is 10.7 Å². The van der Waals surface area contributed by atoms with Crippen molar-refractivity contribution in [3.05, 3.63) is 56.5 Å². The van der Waals surface area contributed by atoms with Crippen molar-refractivity contribution < 1.29 is 4.79 Å². The lowest BCUT2D eigenvalue weighted by Crippen LogP contribution is -2.37. The van der Waals surface area contributed by atoms with Crippen molar-refractivity contribution in [1.29, 1.82) is 0 Å². The largest absolute Gasteiger partial charge is 0.332 e. The zero-order valence-electron chi connectivity index (χ0n) is 13.0. The van der Waals surface area contributed by atoms with Crippen LogP contribution < -0.4 is 16.6 Å². The molecule has 0 radical (unpaired) electrons. The Hall–Kier alpha value is -2.87. The van der Waals surface area contributed by atoms with Gasteiger partial charge in [0.05, 0.1) is 17.0 Å². The predicted molar refractivity (Wildman–Crippen MR) is 90.3 cm³/mol. The van der Waals surface area contributed by atoms with Gasteiger partial charge in [0, 0.05) is 14.1 Å². The van der Waals surface area contributed by atoms with Crippen LogP contribution in [0, 0.1) is 0 Å².